The van der Waals surface area contributed by atoms with Crippen LogP contribution in [-0.2, 0) is 17.6 Å². The highest BCUT2D eigenvalue weighted by Crippen LogP contribution is 2.22. The van der Waals surface area contributed by atoms with Crippen molar-refractivity contribution in [3.8, 4) is 0 Å². The zero-order valence-electron chi connectivity index (χ0n) is 11.5. The van der Waals surface area contributed by atoms with E-state index in [4.69, 9.17) is 0 Å². The molecular weight excluding hydrogens is 256 g/mol. The fraction of sp³-hybridized carbons (Fsp3) is 0.643. The number of aromatic nitrogens is 2. The second kappa shape index (κ2) is 5.64. The van der Waals surface area contributed by atoms with Gasteiger partial charge in [-0.3, -0.25) is 14.7 Å². The summed E-state index contributed by atoms with van der Waals surface area (Å²) in [5.41, 5.74) is 2.58. The number of aromatic amines is 1. The minimum atomic E-state index is -0.430. The van der Waals surface area contributed by atoms with Crippen molar-refractivity contribution in [3.63, 3.8) is 0 Å². The number of hydrogen-bond donors (Lipinski definition) is 3. The van der Waals surface area contributed by atoms with E-state index in [1.165, 1.54) is 0 Å². The van der Waals surface area contributed by atoms with E-state index in [2.05, 4.69) is 20.8 Å². The number of H-pyrrole nitrogens is 1. The van der Waals surface area contributed by atoms with Gasteiger partial charge in [-0.15, -0.1) is 0 Å². The Morgan fingerprint density at radius 1 is 1.20 bits per heavy atom. The van der Waals surface area contributed by atoms with Gasteiger partial charge >= 0.3 is 0 Å². The number of carbonyl (C=O) groups is 2. The standard InChI is InChI=1S/C14H20N4O2/c19-13-11(7-3-4-8-15-13)16-14(20)12-9-5-1-2-6-10(9)17-18-12/h11H,1-8H2,(H,15,19)(H,16,20)(H,17,18)/t11-/m0/s1. The highest BCUT2D eigenvalue weighted by Gasteiger charge is 2.26. The Kier molecular flexibility index (Phi) is 3.71. The Morgan fingerprint density at radius 2 is 2.05 bits per heavy atom. The lowest BCUT2D eigenvalue weighted by Crippen LogP contribution is -2.45. The van der Waals surface area contributed by atoms with Crippen LogP contribution in [0.1, 0.15) is 53.8 Å². The summed E-state index contributed by atoms with van der Waals surface area (Å²) >= 11 is 0. The molecule has 0 aromatic carbocycles. The van der Waals surface area contributed by atoms with Crippen LogP contribution in [0, 0.1) is 0 Å². The van der Waals surface area contributed by atoms with E-state index in [1.54, 1.807) is 0 Å². The van der Waals surface area contributed by atoms with Crippen molar-refractivity contribution in [1.82, 2.24) is 20.8 Å². The summed E-state index contributed by atoms with van der Waals surface area (Å²) in [5.74, 6) is -0.313. The van der Waals surface area contributed by atoms with Gasteiger partial charge in [-0.05, 0) is 44.9 Å². The predicted octanol–water partition coefficient (Wildman–Crippen LogP) is 0.687. The lowest BCUT2D eigenvalue weighted by Gasteiger charge is -2.15. The first-order valence-corrected chi connectivity index (χ1v) is 7.40. The van der Waals surface area contributed by atoms with Crippen molar-refractivity contribution < 1.29 is 9.59 Å². The van der Waals surface area contributed by atoms with Crippen molar-refractivity contribution in [1.29, 1.82) is 0 Å². The lowest BCUT2D eigenvalue weighted by molar-refractivity contribution is -0.122. The maximum atomic E-state index is 12.3. The molecule has 3 N–H and O–H groups in total. The van der Waals surface area contributed by atoms with Crippen LogP contribution in [-0.4, -0.2) is 34.6 Å². The molecule has 1 aromatic rings. The van der Waals surface area contributed by atoms with Crippen molar-refractivity contribution in [2.24, 2.45) is 0 Å². The summed E-state index contributed by atoms with van der Waals surface area (Å²) < 4.78 is 0. The van der Waals surface area contributed by atoms with E-state index >= 15 is 0 Å². The van der Waals surface area contributed by atoms with Crippen LogP contribution in [0.25, 0.3) is 0 Å². The summed E-state index contributed by atoms with van der Waals surface area (Å²) in [6.45, 7) is 0.697. The van der Waals surface area contributed by atoms with Gasteiger partial charge in [0.1, 0.15) is 6.04 Å². The maximum absolute atomic E-state index is 12.3. The molecule has 1 fully saturated rings. The topological polar surface area (TPSA) is 86.9 Å². The molecular formula is C14H20N4O2. The van der Waals surface area contributed by atoms with Crippen molar-refractivity contribution in [2.75, 3.05) is 6.54 Å². The quantitative estimate of drug-likeness (QED) is 0.742. The van der Waals surface area contributed by atoms with Gasteiger partial charge in [0, 0.05) is 17.8 Å². The SMILES string of the molecule is O=C(N[C@H]1CCCCNC1=O)c1n[nH]c2c1CCCC2. The van der Waals surface area contributed by atoms with Gasteiger partial charge < -0.3 is 10.6 Å². The molecule has 0 unspecified atom stereocenters. The fourth-order valence-corrected chi connectivity index (χ4v) is 2.97. The van der Waals surface area contributed by atoms with Crippen LogP contribution in [0.15, 0.2) is 0 Å². The van der Waals surface area contributed by atoms with Gasteiger partial charge in [-0.2, -0.15) is 5.10 Å². The van der Waals surface area contributed by atoms with Crippen LogP contribution in [0.4, 0.5) is 0 Å². The fourth-order valence-electron chi connectivity index (χ4n) is 2.97. The van der Waals surface area contributed by atoms with Gasteiger partial charge in [0.25, 0.3) is 5.91 Å². The van der Waals surface area contributed by atoms with E-state index in [9.17, 15) is 9.59 Å². The number of amides is 2. The van der Waals surface area contributed by atoms with Gasteiger partial charge in [0.2, 0.25) is 5.91 Å². The molecule has 1 saturated heterocycles. The molecule has 2 heterocycles. The highest BCUT2D eigenvalue weighted by atomic mass is 16.2. The summed E-state index contributed by atoms with van der Waals surface area (Å²) in [7, 11) is 0. The molecule has 1 aliphatic carbocycles. The minimum Gasteiger partial charge on any atom is -0.354 e. The van der Waals surface area contributed by atoms with Crippen LogP contribution in [0.2, 0.25) is 0 Å². The minimum absolute atomic E-state index is 0.0831. The first-order chi connectivity index (χ1) is 9.75. The number of carbonyl (C=O) groups excluding carboxylic acids is 2. The van der Waals surface area contributed by atoms with Crippen LogP contribution >= 0.6 is 0 Å². The number of hydrogen-bond acceptors (Lipinski definition) is 3. The van der Waals surface area contributed by atoms with Crippen molar-refractivity contribution in [2.45, 2.75) is 51.0 Å². The Labute approximate surface area is 117 Å². The van der Waals surface area contributed by atoms with E-state index in [0.717, 1.165) is 49.8 Å². The van der Waals surface area contributed by atoms with E-state index in [0.29, 0.717) is 18.7 Å². The molecule has 3 rings (SSSR count). The zero-order valence-corrected chi connectivity index (χ0v) is 11.5. The molecule has 1 atom stereocenters. The molecule has 0 saturated carbocycles. The van der Waals surface area contributed by atoms with Gasteiger partial charge in [0.05, 0.1) is 0 Å². The second-order valence-electron chi connectivity index (χ2n) is 5.55. The Bertz CT molecular complexity index is 523. The van der Waals surface area contributed by atoms with Crippen molar-refractivity contribution in [3.05, 3.63) is 17.0 Å². The smallest absolute Gasteiger partial charge is 0.272 e. The van der Waals surface area contributed by atoms with Gasteiger partial charge in [-0.25, -0.2) is 0 Å². The summed E-state index contributed by atoms with van der Waals surface area (Å²) in [6, 6.07) is -0.430. The molecule has 20 heavy (non-hydrogen) atoms. The van der Waals surface area contributed by atoms with E-state index in [1.807, 2.05) is 0 Å². The van der Waals surface area contributed by atoms with E-state index < -0.39 is 6.04 Å². The molecule has 6 nitrogen and oxygen atoms in total. The predicted molar refractivity (Wildman–Crippen MR) is 73.3 cm³/mol. The van der Waals surface area contributed by atoms with E-state index in [-0.39, 0.29) is 11.8 Å². The summed E-state index contributed by atoms with van der Waals surface area (Å²) in [6.07, 6.45) is 6.70. The normalized spacial score (nSPS) is 22.6. The first-order valence-electron chi connectivity index (χ1n) is 7.40. The highest BCUT2D eigenvalue weighted by molar-refractivity contribution is 5.97. The second-order valence-corrected chi connectivity index (χ2v) is 5.55. The third-order valence-electron chi connectivity index (χ3n) is 4.11. The molecule has 0 bridgehead atoms. The Balaban J connectivity index is 1.72. The average Bonchev–Trinajstić information content (AvgIpc) is 2.79. The summed E-state index contributed by atoms with van der Waals surface area (Å²) in [5, 5.41) is 12.8. The number of nitrogens with one attached hydrogen (secondary N) is 3. The number of rotatable bonds is 2. The molecule has 1 aromatic heterocycles. The van der Waals surface area contributed by atoms with Gasteiger partial charge in [0.15, 0.2) is 5.69 Å². The first kappa shape index (κ1) is 13.1. The molecule has 2 aliphatic rings. The zero-order chi connectivity index (χ0) is 13.9. The van der Waals surface area contributed by atoms with Crippen molar-refractivity contribution >= 4 is 11.8 Å². The van der Waals surface area contributed by atoms with Gasteiger partial charge in [-0.1, -0.05) is 0 Å². The number of nitrogens with zero attached hydrogens (tertiary/aromatic N) is 1. The number of fused-ring (bicyclic) bond motifs is 1. The lowest BCUT2D eigenvalue weighted by atomic mass is 9.95. The third-order valence-corrected chi connectivity index (χ3v) is 4.11. The monoisotopic (exact) mass is 276 g/mol. The molecule has 2 amide bonds. The van der Waals surface area contributed by atoms with Crippen LogP contribution in [0.5, 0.6) is 0 Å². The Hall–Kier alpha value is -1.85. The average molecular weight is 276 g/mol. The molecule has 0 radical (unpaired) electrons. The number of aryl methyl sites for hydroxylation is 1. The van der Waals surface area contributed by atoms with Crippen LogP contribution < -0.4 is 10.6 Å². The molecule has 108 valence electrons. The molecule has 6 heteroatoms. The molecule has 0 spiro atoms. The van der Waals surface area contributed by atoms with Crippen LogP contribution in [0.3, 0.4) is 0 Å². The largest absolute Gasteiger partial charge is 0.354 e. The maximum Gasteiger partial charge on any atom is 0.272 e. The third kappa shape index (κ3) is 2.55. The summed E-state index contributed by atoms with van der Waals surface area (Å²) in [4.78, 5) is 24.2. The Morgan fingerprint density at radius 3 is 2.95 bits per heavy atom. The molecule has 1 aliphatic heterocycles.